The highest BCUT2D eigenvalue weighted by molar-refractivity contribution is 6.26. The normalized spacial score (nSPS) is 11.4. The van der Waals surface area contributed by atoms with Crippen LogP contribution in [0, 0.1) is 0 Å². The van der Waals surface area contributed by atoms with E-state index in [1.165, 1.54) is 71.0 Å². The number of fused-ring (bicyclic) bond motifs is 7. The summed E-state index contributed by atoms with van der Waals surface area (Å²) in [5, 5.41) is 10.1. The second kappa shape index (κ2) is 11.3. The van der Waals surface area contributed by atoms with Crippen molar-refractivity contribution in [2.45, 2.75) is 0 Å². The van der Waals surface area contributed by atoms with Gasteiger partial charge in [-0.25, -0.2) is 0 Å². The van der Waals surface area contributed by atoms with Crippen LogP contribution in [0.15, 0.2) is 188 Å². The molecular weight excluding hydrogens is 567 g/mol. The van der Waals surface area contributed by atoms with Gasteiger partial charge in [-0.15, -0.1) is 0 Å². The predicted octanol–water partition coefficient (Wildman–Crippen LogP) is 13.1. The molecule has 0 heterocycles. The zero-order chi connectivity index (χ0) is 31.2. The van der Waals surface area contributed by atoms with Crippen LogP contribution in [-0.2, 0) is 0 Å². The van der Waals surface area contributed by atoms with Crippen LogP contribution in [0.2, 0.25) is 0 Å². The molecule has 9 aromatic carbocycles. The number of anilines is 3. The standard InChI is InChI=1S/C46H31N/c1-3-13-32(14-4-1)33-23-26-36(27-24-33)47(46-38-18-8-7-17-35(38)25-29-39(46)34-15-5-2-6-16-34)37-28-30-44-42-21-10-9-19-40(42)41-20-11-12-22-43(41)45(44)31-37/h1-31H. The van der Waals surface area contributed by atoms with Crippen molar-refractivity contribution in [3.05, 3.63) is 188 Å². The Bertz CT molecular complexity index is 2510. The molecule has 0 saturated carbocycles. The summed E-state index contributed by atoms with van der Waals surface area (Å²) in [7, 11) is 0. The minimum atomic E-state index is 1.11. The lowest BCUT2D eigenvalue weighted by Gasteiger charge is -2.30. The van der Waals surface area contributed by atoms with Gasteiger partial charge in [-0.05, 0) is 78.7 Å². The SMILES string of the molecule is c1ccc(-c2ccc(N(c3ccc4c5ccccc5c5ccccc5c4c3)c3c(-c4ccccc4)ccc4ccccc34)cc2)cc1. The van der Waals surface area contributed by atoms with Crippen LogP contribution < -0.4 is 4.90 Å². The molecule has 220 valence electrons. The van der Waals surface area contributed by atoms with Gasteiger partial charge >= 0.3 is 0 Å². The summed E-state index contributed by atoms with van der Waals surface area (Å²) in [5.41, 5.74) is 8.21. The van der Waals surface area contributed by atoms with E-state index in [1.54, 1.807) is 0 Å². The van der Waals surface area contributed by atoms with E-state index in [2.05, 4.69) is 193 Å². The highest BCUT2D eigenvalue weighted by Gasteiger charge is 2.21. The predicted molar refractivity (Wildman–Crippen MR) is 202 cm³/mol. The highest BCUT2D eigenvalue weighted by Crippen LogP contribution is 2.47. The minimum Gasteiger partial charge on any atom is -0.309 e. The fraction of sp³-hybridized carbons (Fsp3) is 0. The first-order chi connectivity index (χ1) is 23.3. The van der Waals surface area contributed by atoms with Crippen LogP contribution >= 0.6 is 0 Å². The van der Waals surface area contributed by atoms with Gasteiger partial charge in [-0.1, -0.05) is 164 Å². The fourth-order valence-electron chi connectivity index (χ4n) is 7.22. The summed E-state index contributed by atoms with van der Waals surface area (Å²) in [4.78, 5) is 2.46. The number of hydrogen-bond donors (Lipinski definition) is 0. The smallest absolute Gasteiger partial charge is 0.0618 e. The van der Waals surface area contributed by atoms with Crippen LogP contribution in [0.1, 0.15) is 0 Å². The molecule has 0 spiro atoms. The molecule has 0 unspecified atom stereocenters. The van der Waals surface area contributed by atoms with E-state index in [1.807, 2.05) is 0 Å². The Morgan fingerprint density at radius 3 is 1.38 bits per heavy atom. The lowest BCUT2D eigenvalue weighted by molar-refractivity contribution is 1.30. The second-order valence-electron chi connectivity index (χ2n) is 12.1. The topological polar surface area (TPSA) is 3.24 Å². The largest absolute Gasteiger partial charge is 0.309 e. The molecule has 0 N–H and O–H groups in total. The monoisotopic (exact) mass is 597 g/mol. The first kappa shape index (κ1) is 27.2. The van der Waals surface area contributed by atoms with Crippen LogP contribution in [-0.4, -0.2) is 0 Å². The lowest BCUT2D eigenvalue weighted by Crippen LogP contribution is -2.12. The zero-order valence-corrected chi connectivity index (χ0v) is 25.8. The molecule has 0 fully saturated rings. The van der Waals surface area contributed by atoms with Crippen LogP contribution in [0.25, 0.3) is 65.3 Å². The molecule has 0 aromatic heterocycles. The molecule has 9 rings (SSSR count). The second-order valence-corrected chi connectivity index (χ2v) is 12.1. The molecule has 0 aliphatic heterocycles. The Morgan fingerprint density at radius 1 is 0.277 bits per heavy atom. The van der Waals surface area contributed by atoms with Gasteiger partial charge in [-0.2, -0.15) is 0 Å². The van der Waals surface area contributed by atoms with Crippen LogP contribution in [0.3, 0.4) is 0 Å². The maximum Gasteiger partial charge on any atom is 0.0618 e. The molecule has 9 aromatic rings. The first-order valence-electron chi connectivity index (χ1n) is 16.2. The number of rotatable bonds is 5. The third-order valence-corrected chi connectivity index (χ3v) is 9.43. The summed E-state index contributed by atoms with van der Waals surface area (Å²) < 4.78 is 0. The molecular formula is C46H31N. The minimum absolute atomic E-state index is 1.11. The molecule has 0 bridgehead atoms. The number of benzene rings is 9. The van der Waals surface area contributed by atoms with Crippen LogP contribution in [0.5, 0.6) is 0 Å². The summed E-state index contributed by atoms with van der Waals surface area (Å²) >= 11 is 0. The Balaban J connectivity index is 1.36. The van der Waals surface area contributed by atoms with Crippen LogP contribution in [0.4, 0.5) is 17.1 Å². The van der Waals surface area contributed by atoms with E-state index in [0.29, 0.717) is 0 Å². The third-order valence-electron chi connectivity index (χ3n) is 9.43. The Labute approximate surface area is 274 Å². The van der Waals surface area contributed by atoms with Crippen molar-refractivity contribution in [1.29, 1.82) is 0 Å². The molecule has 0 amide bonds. The molecule has 0 aliphatic carbocycles. The van der Waals surface area contributed by atoms with Gasteiger partial charge in [0.25, 0.3) is 0 Å². The summed E-state index contributed by atoms with van der Waals surface area (Å²) in [6.07, 6.45) is 0. The van der Waals surface area contributed by atoms with Gasteiger partial charge in [0.1, 0.15) is 0 Å². The molecule has 1 nitrogen and oxygen atoms in total. The number of nitrogens with zero attached hydrogens (tertiary/aromatic N) is 1. The molecule has 0 aliphatic rings. The number of hydrogen-bond acceptors (Lipinski definition) is 1. The highest BCUT2D eigenvalue weighted by atomic mass is 15.1. The molecule has 47 heavy (non-hydrogen) atoms. The maximum atomic E-state index is 2.46. The summed E-state index contributed by atoms with van der Waals surface area (Å²) in [6.45, 7) is 0. The summed E-state index contributed by atoms with van der Waals surface area (Å²) in [6, 6.07) is 68.3. The molecule has 0 atom stereocenters. The van der Waals surface area contributed by atoms with Crippen molar-refractivity contribution in [3.63, 3.8) is 0 Å². The van der Waals surface area contributed by atoms with E-state index in [4.69, 9.17) is 0 Å². The van der Waals surface area contributed by atoms with Crippen molar-refractivity contribution in [3.8, 4) is 22.3 Å². The van der Waals surface area contributed by atoms with Gasteiger partial charge in [0.15, 0.2) is 0 Å². The van der Waals surface area contributed by atoms with Crippen molar-refractivity contribution in [1.82, 2.24) is 0 Å². The van der Waals surface area contributed by atoms with E-state index in [-0.39, 0.29) is 0 Å². The fourth-order valence-corrected chi connectivity index (χ4v) is 7.22. The average Bonchev–Trinajstić information content (AvgIpc) is 3.16. The lowest BCUT2D eigenvalue weighted by atomic mass is 9.93. The maximum absolute atomic E-state index is 2.46. The van der Waals surface area contributed by atoms with Gasteiger partial charge in [-0.3, -0.25) is 0 Å². The van der Waals surface area contributed by atoms with Crippen molar-refractivity contribution in [2.24, 2.45) is 0 Å². The van der Waals surface area contributed by atoms with Crippen molar-refractivity contribution >= 4 is 60.2 Å². The van der Waals surface area contributed by atoms with Gasteiger partial charge < -0.3 is 4.90 Å². The van der Waals surface area contributed by atoms with E-state index in [0.717, 1.165) is 11.4 Å². The van der Waals surface area contributed by atoms with Gasteiger partial charge in [0, 0.05) is 22.3 Å². The Kier molecular flexibility index (Phi) is 6.54. The average molecular weight is 598 g/mol. The van der Waals surface area contributed by atoms with Gasteiger partial charge in [0.2, 0.25) is 0 Å². The molecule has 1 heteroatoms. The quantitative estimate of drug-likeness (QED) is 0.178. The Hall–Kier alpha value is -6.18. The van der Waals surface area contributed by atoms with E-state index >= 15 is 0 Å². The van der Waals surface area contributed by atoms with E-state index < -0.39 is 0 Å². The zero-order valence-electron chi connectivity index (χ0n) is 25.8. The Morgan fingerprint density at radius 2 is 0.745 bits per heavy atom. The third kappa shape index (κ3) is 4.64. The van der Waals surface area contributed by atoms with Gasteiger partial charge in [0.05, 0.1) is 5.69 Å². The molecule has 0 radical (unpaired) electrons. The first-order valence-corrected chi connectivity index (χ1v) is 16.2. The van der Waals surface area contributed by atoms with Crippen molar-refractivity contribution < 1.29 is 0 Å². The summed E-state index contributed by atoms with van der Waals surface area (Å²) in [5.74, 6) is 0. The van der Waals surface area contributed by atoms with E-state index in [9.17, 15) is 0 Å². The van der Waals surface area contributed by atoms with Crippen molar-refractivity contribution in [2.75, 3.05) is 4.90 Å². The molecule has 0 saturated heterocycles.